The van der Waals surface area contributed by atoms with E-state index >= 15 is 0 Å². The van der Waals surface area contributed by atoms with Crippen LogP contribution in [0.25, 0.3) is 10.8 Å². The summed E-state index contributed by atoms with van der Waals surface area (Å²) in [6.45, 7) is 1.66. The third kappa shape index (κ3) is 5.00. The zero-order valence-electron chi connectivity index (χ0n) is 19.5. The van der Waals surface area contributed by atoms with Crippen LogP contribution in [-0.2, 0) is 17.8 Å². The summed E-state index contributed by atoms with van der Waals surface area (Å²) in [4.78, 5) is 15.5. The van der Waals surface area contributed by atoms with Gasteiger partial charge in [0, 0.05) is 25.2 Å². The van der Waals surface area contributed by atoms with E-state index in [4.69, 9.17) is 4.74 Å². The van der Waals surface area contributed by atoms with Crippen LogP contribution in [0.2, 0.25) is 0 Å². The molecule has 2 atom stereocenters. The van der Waals surface area contributed by atoms with Gasteiger partial charge in [0.05, 0.1) is 19.2 Å². The summed E-state index contributed by atoms with van der Waals surface area (Å²) in [5.41, 5.74) is 2.02. The fourth-order valence-electron chi connectivity index (χ4n) is 4.83. The van der Waals surface area contributed by atoms with E-state index in [0.717, 1.165) is 27.6 Å². The van der Waals surface area contributed by atoms with Gasteiger partial charge in [-0.15, -0.1) is 5.10 Å². The molecule has 1 saturated heterocycles. The summed E-state index contributed by atoms with van der Waals surface area (Å²) in [7, 11) is 1.67. The lowest BCUT2D eigenvalue weighted by Gasteiger charge is -2.25. The highest BCUT2D eigenvalue weighted by molar-refractivity contribution is 5.88. The van der Waals surface area contributed by atoms with Gasteiger partial charge in [0.15, 0.2) is 0 Å². The average Bonchev–Trinajstić information content (AvgIpc) is 3.56. The largest absolute Gasteiger partial charge is 0.496 e. The summed E-state index contributed by atoms with van der Waals surface area (Å²) in [6, 6.07) is 18.2. The van der Waals surface area contributed by atoms with Gasteiger partial charge in [0.25, 0.3) is 0 Å². The first kappa shape index (κ1) is 22.9. The second kappa shape index (κ2) is 10.2. The number of nitrogens with one attached hydrogen (secondary N) is 1. The van der Waals surface area contributed by atoms with E-state index in [1.165, 1.54) is 12.1 Å². The van der Waals surface area contributed by atoms with Crippen molar-refractivity contribution in [2.75, 3.05) is 20.2 Å². The summed E-state index contributed by atoms with van der Waals surface area (Å²) in [5.74, 6) is 0.490. The van der Waals surface area contributed by atoms with Crippen LogP contribution < -0.4 is 10.1 Å². The molecule has 8 nitrogen and oxygen atoms in total. The lowest BCUT2D eigenvalue weighted by molar-refractivity contribution is -0.125. The second-order valence-corrected chi connectivity index (χ2v) is 8.76. The highest BCUT2D eigenvalue weighted by Crippen LogP contribution is 2.34. The molecule has 4 aromatic rings. The van der Waals surface area contributed by atoms with Crippen molar-refractivity contribution in [2.45, 2.75) is 31.5 Å². The third-order valence-corrected chi connectivity index (χ3v) is 6.63. The molecule has 2 heterocycles. The van der Waals surface area contributed by atoms with Gasteiger partial charge in [-0.3, -0.25) is 9.69 Å². The first-order valence-electron chi connectivity index (χ1n) is 11.7. The van der Waals surface area contributed by atoms with Gasteiger partial charge in [0.2, 0.25) is 5.91 Å². The molecule has 180 valence electrons. The summed E-state index contributed by atoms with van der Waals surface area (Å²) < 4.78 is 20.6. The number of carbonyl (C=O) groups is 1. The Morgan fingerprint density at radius 3 is 2.74 bits per heavy atom. The van der Waals surface area contributed by atoms with Crippen molar-refractivity contribution in [3.63, 3.8) is 0 Å². The smallest absolute Gasteiger partial charge is 0.237 e. The predicted octanol–water partition coefficient (Wildman–Crippen LogP) is 3.15. The molecule has 0 radical (unpaired) electrons. The highest BCUT2D eigenvalue weighted by atomic mass is 19.1. The third-order valence-electron chi connectivity index (χ3n) is 6.63. The van der Waals surface area contributed by atoms with E-state index in [9.17, 15) is 9.18 Å². The first-order valence-corrected chi connectivity index (χ1v) is 11.7. The Morgan fingerprint density at radius 2 is 1.97 bits per heavy atom. The molecule has 1 aromatic heterocycles. The van der Waals surface area contributed by atoms with E-state index in [1.54, 1.807) is 30.3 Å². The fourth-order valence-corrected chi connectivity index (χ4v) is 4.83. The molecule has 1 aliphatic rings. The molecule has 0 bridgehead atoms. The molecule has 0 spiro atoms. The second-order valence-electron chi connectivity index (χ2n) is 8.76. The van der Waals surface area contributed by atoms with E-state index in [0.29, 0.717) is 32.5 Å². The van der Waals surface area contributed by atoms with Gasteiger partial charge >= 0.3 is 0 Å². The number of ether oxygens (including phenoxy) is 1. The molecule has 1 amide bonds. The molecule has 5 rings (SSSR count). The molecule has 9 heteroatoms. The minimum atomic E-state index is -0.346. The number of aromatic nitrogens is 4. The van der Waals surface area contributed by atoms with Crippen molar-refractivity contribution in [1.29, 1.82) is 0 Å². The van der Waals surface area contributed by atoms with E-state index in [2.05, 4.69) is 37.9 Å². The summed E-state index contributed by atoms with van der Waals surface area (Å²) >= 11 is 0. The quantitative estimate of drug-likeness (QED) is 0.422. The Morgan fingerprint density at radius 1 is 1.14 bits per heavy atom. The number of nitrogens with zero attached hydrogens (tertiary/aromatic N) is 5. The van der Waals surface area contributed by atoms with Crippen molar-refractivity contribution in [2.24, 2.45) is 0 Å². The number of hydrogen-bond acceptors (Lipinski definition) is 6. The van der Waals surface area contributed by atoms with E-state index < -0.39 is 0 Å². The van der Waals surface area contributed by atoms with Gasteiger partial charge < -0.3 is 10.1 Å². The molecule has 0 unspecified atom stereocenters. The van der Waals surface area contributed by atoms with Crippen molar-refractivity contribution in [3.05, 3.63) is 83.9 Å². The number of benzene rings is 3. The molecule has 1 N–H and O–H groups in total. The number of hydrogen-bond donors (Lipinski definition) is 1. The SMILES string of the molecule is COc1ccc2ccccc2c1CN1C[C@@H](n2cnnn2)C[C@H]1C(=O)NCCc1ccc(F)cc1. The minimum absolute atomic E-state index is 0.0150. The standard InChI is InChI=1S/C26H27FN6O2/c1-35-25-11-8-19-4-2-3-5-22(19)23(25)16-32-15-21(33-17-29-30-31-33)14-24(32)26(34)28-13-12-18-6-9-20(27)10-7-18/h2-11,17,21,24H,12-16H2,1H3,(H,28,34)/t21-,24-/m0/s1. The number of rotatable bonds is 8. The maximum absolute atomic E-state index is 13.3. The molecular weight excluding hydrogens is 447 g/mol. The van der Waals surface area contributed by atoms with Gasteiger partial charge in [-0.25, -0.2) is 9.07 Å². The molecule has 0 aliphatic carbocycles. The van der Waals surface area contributed by atoms with Crippen LogP contribution in [0.3, 0.4) is 0 Å². The van der Waals surface area contributed by atoms with Crippen LogP contribution in [0.5, 0.6) is 5.75 Å². The number of tetrazole rings is 1. The van der Waals surface area contributed by atoms with Crippen molar-refractivity contribution in [3.8, 4) is 5.75 Å². The topological polar surface area (TPSA) is 85.2 Å². The molecule has 1 fully saturated rings. The Labute approximate surface area is 202 Å². The van der Waals surface area contributed by atoms with Crippen LogP contribution in [0.15, 0.2) is 67.0 Å². The number of carbonyl (C=O) groups excluding carboxylic acids is 1. The number of fused-ring (bicyclic) bond motifs is 1. The van der Waals surface area contributed by atoms with Crippen molar-refractivity contribution >= 4 is 16.7 Å². The molecular formula is C26H27FN6O2. The van der Waals surface area contributed by atoms with E-state index in [-0.39, 0.29) is 23.8 Å². The molecule has 3 aromatic carbocycles. The predicted molar refractivity (Wildman–Crippen MR) is 129 cm³/mol. The number of halogens is 1. The van der Waals surface area contributed by atoms with Gasteiger partial charge in [-0.05, 0) is 57.8 Å². The Bertz CT molecular complexity index is 1300. The van der Waals surface area contributed by atoms with E-state index in [1.807, 2.05) is 24.3 Å². The van der Waals surface area contributed by atoms with Crippen molar-refractivity contribution < 1.29 is 13.9 Å². The van der Waals surface area contributed by atoms with Crippen LogP contribution in [0.4, 0.5) is 4.39 Å². The number of amides is 1. The maximum atomic E-state index is 13.3. The molecule has 1 aliphatic heterocycles. The van der Waals surface area contributed by atoms with Gasteiger partial charge in [-0.1, -0.05) is 42.5 Å². The van der Waals surface area contributed by atoms with Crippen LogP contribution in [0.1, 0.15) is 23.6 Å². The van der Waals surface area contributed by atoms with Crippen LogP contribution >= 0.6 is 0 Å². The Balaban J connectivity index is 1.36. The molecule has 0 saturated carbocycles. The highest BCUT2D eigenvalue weighted by Gasteiger charge is 2.38. The number of methoxy groups -OCH3 is 1. The first-order chi connectivity index (χ1) is 17.1. The number of likely N-dealkylation sites (tertiary alicyclic amines) is 1. The fraction of sp³-hybridized carbons (Fsp3) is 0.308. The van der Waals surface area contributed by atoms with Crippen LogP contribution in [0, 0.1) is 5.82 Å². The Hall–Kier alpha value is -3.85. The lowest BCUT2D eigenvalue weighted by atomic mass is 10.0. The van der Waals surface area contributed by atoms with Gasteiger partial charge in [-0.2, -0.15) is 0 Å². The monoisotopic (exact) mass is 474 g/mol. The molecule has 35 heavy (non-hydrogen) atoms. The normalized spacial score (nSPS) is 18.1. The average molecular weight is 475 g/mol. The zero-order valence-corrected chi connectivity index (χ0v) is 19.5. The van der Waals surface area contributed by atoms with Crippen molar-refractivity contribution in [1.82, 2.24) is 30.4 Å². The minimum Gasteiger partial charge on any atom is -0.496 e. The Kier molecular flexibility index (Phi) is 6.67. The summed E-state index contributed by atoms with van der Waals surface area (Å²) in [6.07, 6.45) is 2.82. The maximum Gasteiger partial charge on any atom is 0.237 e. The van der Waals surface area contributed by atoms with Crippen LogP contribution in [-0.4, -0.2) is 57.3 Å². The zero-order chi connectivity index (χ0) is 24.2. The lowest BCUT2D eigenvalue weighted by Crippen LogP contribution is -2.43. The van der Waals surface area contributed by atoms with Gasteiger partial charge in [0.1, 0.15) is 17.9 Å². The summed E-state index contributed by atoms with van der Waals surface area (Å²) in [5, 5.41) is 16.9.